The van der Waals surface area contributed by atoms with Gasteiger partial charge in [-0.2, -0.15) is 0 Å². The van der Waals surface area contributed by atoms with Gasteiger partial charge in [-0.25, -0.2) is 0 Å². The average Bonchev–Trinajstić information content (AvgIpc) is 2.74. The number of nitrogens with zero attached hydrogens (tertiary/aromatic N) is 2. The summed E-state index contributed by atoms with van der Waals surface area (Å²) in [6.45, 7) is 2.36. The summed E-state index contributed by atoms with van der Waals surface area (Å²) in [5.74, 6) is 1.20. The molecule has 1 aromatic rings. The van der Waals surface area contributed by atoms with Crippen LogP contribution in [0.25, 0.3) is 0 Å². The summed E-state index contributed by atoms with van der Waals surface area (Å²) in [7, 11) is 0. The van der Waals surface area contributed by atoms with Gasteiger partial charge in [0.1, 0.15) is 6.42 Å². The Labute approximate surface area is 168 Å². The Morgan fingerprint density at radius 3 is 2.43 bits per heavy atom. The first kappa shape index (κ1) is 19.2. The third-order valence-electron chi connectivity index (χ3n) is 6.71. The molecule has 0 saturated carbocycles. The molecule has 0 bridgehead atoms. The number of hydrogen-bond acceptors (Lipinski definition) is 2. The van der Waals surface area contributed by atoms with Gasteiger partial charge in [0.2, 0.25) is 11.8 Å². The molecule has 2 fully saturated rings. The van der Waals surface area contributed by atoms with E-state index in [9.17, 15) is 9.59 Å². The zero-order valence-electron chi connectivity index (χ0n) is 16.8. The summed E-state index contributed by atoms with van der Waals surface area (Å²) in [4.78, 5) is 29.4. The Bertz CT molecular complexity index is 719. The van der Waals surface area contributed by atoms with Crippen molar-refractivity contribution in [2.45, 2.75) is 57.8 Å². The van der Waals surface area contributed by atoms with Crippen LogP contribution in [0.1, 0.15) is 56.9 Å². The number of allylic oxidation sites excluding steroid dienone is 2. The number of carbonyl (C=O) groups excluding carboxylic acids is 2. The van der Waals surface area contributed by atoms with Crippen molar-refractivity contribution < 1.29 is 9.59 Å². The zero-order valence-corrected chi connectivity index (χ0v) is 16.8. The minimum absolute atomic E-state index is 0.00857. The Morgan fingerprint density at radius 2 is 1.64 bits per heavy atom. The molecule has 0 spiro atoms. The van der Waals surface area contributed by atoms with E-state index < -0.39 is 0 Å². The van der Waals surface area contributed by atoms with Crippen LogP contribution in [0.4, 0.5) is 0 Å². The van der Waals surface area contributed by atoms with Crippen LogP contribution in [0.3, 0.4) is 0 Å². The molecule has 0 radical (unpaired) electrons. The molecule has 4 heteroatoms. The van der Waals surface area contributed by atoms with Crippen LogP contribution < -0.4 is 0 Å². The highest BCUT2D eigenvalue weighted by atomic mass is 16.2. The lowest BCUT2D eigenvalue weighted by atomic mass is 9.85. The molecule has 0 aromatic heterocycles. The number of benzene rings is 1. The van der Waals surface area contributed by atoms with Gasteiger partial charge in [-0.1, -0.05) is 36.4 Å². The van der Waals surface area contributed by atoms with Gasteiger partial charge in [0.25, 0.3) is 0 Å². The standard InChI is InChI=1S/C24H32N2O2/c27-23(18-24(28)26-14-6-10-21-9-4-5-11-22(21)26)25-15-12-20(13-16-25)17-19-7-2-1-3-8-19/h1-3,7-8,11,20-21H,4-6,9-10,12-18H2. The molecule has 0 N–H and O–H groups in total. The van der Waals surface area contributed by atoms with Crippen molar-refractivity contribution >= 4 is 11.8 Å². The Morgan fingerprint density at radius 1 is 0.893 bits per heavy atom. The molecule has 3 aliphatic rings. The third-order valence-corrected chi connectivity index (χ3v) is 6.71. The Hall–Kier alpha value is -2.10. The van der Waals surface area contributed by atoms with Crippen LogP contribution in [0.15, 0.2) is 42.1 Å². The summed E-state index contributed by atoms with van der Waals surface area (Å²) in [5, 5.41) is 0. The van der Waals surface area contributed by atoms with E-state index >= 15 is 0 Å². The van der Waals surface area contributed by atoms with Gasteiger partial charge in [-0.3, -0.25) is 9.59 Å². The van der Waals surface area contributed by atoms with Gasteiger partial charge >= 0.3 is 0 Å². The van der Waals surface area contributed by atoms with Gasteiger partial charge in [0, 0.05) is 25.3 Å². The monoisotopic (exact) mass is 380 g/mol. The van der Waals surface area contributed by atoms with Crippen LogP contribution in [0.5, 0.6) is 0 Å². The lowest BCUT2D eigenvalue weighted by Gasteiger charge is -2.38. The fourth-order valence-electron chi connectivity index (χ4n) is 5.12. The molecule has 4 rings (SSSR count). The minimum atomic E-state index is 0.00857. The number of amides is 2. The van der Waals surface area contributed by atoms with Gasteiger partial charge in [-0.05, 0) is 68.8 Å². The van der Waals surface area contributed by atoms with E-state index in [-0.39, 0.29) is 18.2 Å². The summed E-state index contributed by atoms with van der Waals surface area (Å²) in [6.07, 6.45) is 11.2. The van der Waals surface area contributed by atoms with Crippen LogP contribution >= 0.6 is 0 Å². The van der Waals surface area contributed by atoms with Crippen molar-refractivity contribution in [3.8, 4) is 0 Å². The van der Waals surface area contributed by atoms with E-state index in [1.807, 2.05) is 9.80 Å². The normalized spacial score (nSPS) is 23.1. The summed E-state index contributed by atoms with van der Waals surface area (Å²) >= 11 is 0. The minimum Gasteiger partial charge on any atom is -0.342 e. The topological polar surface area (TPSA) is 40.6 Å². The summed E-state index contributed by atoms with van der Waals surface area (Å²) in [5.41, 5.74) is 2.58. The fraction of sp³-hybridized carbons (Fsp3) is 0.583. The smallest absolute Gasteiger partial charge is 0.236 e. The van der Waals surface area contributed by atoms with E-state index in [0.29, 0.717) is 11.8 Å². The number of carbonyl (C=O) groups is 2. The molecule has 150 valence electrons. The fourth-order valence-corrected chi connectivity index (χ4v) is 5.12. The van der Waals surface area contributed by atoms with Crippen LogP contribution in [0, 0.1) is 11.8 Å². The Balaban J connectivity index is 1.27. The number of piperidine rings is 2. The van der Waals surface area contributed by atoms with Crippen molar-refractivity contribution in [2.24, 2.45) is 11.8 Å². The lowest BCUT2D eigenvalue weighted by Crippen LogP contribution is -2.44. The third kappa shape index (κ3) is 4.48. The first-order chi connectivity index (χ1) is 13.7. The second kappa shape index (κ2) is 8.93. The summed E-state index contributed by atoms with van der Waals surface area (Å²) in [6, 6.07) is 10.6. The first-order valence-corrected chi connectivity index (χ1v) is 11.0. The highest BCUT2D eigenvalue weighted by Gasteiger charge is 2.32. The number of rotatable bonds is 4. The molecule has 1 aliphatic carbocycles. The maximum atomic E-state index is 12.8. The predicted molar refractivity (Wildman–Crippen MR) is 110 cm³/mol. The molecule has 1 unspecified atom stereocenters. The molecule has 2 heterocycles. The second-order valence-electron chi connectivity index (χ2n) is 8.64. The van der Waals surface area contributed by atoms with Gasteiger partial charge in [0.15, 0.2) is 0 Å². The average molecular weight is 381 g/mol. The van der Waals surface area contributed by atoms with E-state index in [2.05, 4.69) is 36.4 Å². The Kier molecular flexibility index (Phi) is 6.13. The quantitative estimate of drug-likeness (QED) is 0.736. The molecule has 4 nitrogen and oxygen atoms in total. The molecule has 2 amide bonds. The number of fused-ring (bicyclic) bond motifs is 1. The maximum absolute atomic E-state index is 12.8. The largest absolute Gasteiger partial charge is 0.342 e. The van der Waals surface area contributed by atoms with Crippen molar-refractivity contribution in [1.82, 2.24) is 9.80 Å². The summed E-state index contributed by atoms with van der Waals surface area (Å²) < 4.78 is 0. The predicted octanol–water partition coefficient (Wildman–Crippen LogP) is 4.16. The molecule has 1 aromatic carbocycles. The van der Waals surface area contributed by atoms with Gasteiger partial charge in [-0.15, -0.1) is 0 Å². The molecule has 2 saturated heterocycles. The van der Waals surface area contributed by atoms with E-state index in [1.165, 1.54) is 30.5 Å². The maximum Gasteiger partial charge on any atom is 0.236 e. The van der Waals surface area contributed by atoms with Gasteiger partial charge in [0.05, 0.1) is 0 Å². The number of hydrogen-bond donors (Lipinski definition) is 0. The van der Waals surface area contributed by atoms with Crippen molar-refractivity contribution in [1.29, 1.82) is 0 Å². The highest BCUT2D eigenvalue weighted by molar-refractivity contribution is 5.97. The second-order valence-corrected chi connectivity index (χ2v) is 8.64. The molecular weight excluding hydrogens is 348 g/mol. The van der Waals surface area contributed by atoms with E-state index in [0.717, 1.165) is 51.7 Å². The van der Waals surface area contributed by atoms with Crippen molar-refractivity contribution in [3.63, 3.8) is 0 Å². The zero-order chi connectivity index (χ0) is 19.3. The van der Waals surface area contributed by atoms with Gasteiger partial charge < -0.3 is 9.80 Å². The highest BCUT2D eigenvalue weighted by Crippen LogP contribution is 2.35. The molecular formula is C24H32N2O2. The van der Waals surface area contributed by atoms with E-state index in [4.69, 9.17) is 0 Å². The lowest BCUT2D eigenvalue weighted by molar-refractivity contribution is -0.141. The molecule has 2 aliphatic heterocycles. The van der Waals surface area contributed by atoms with Crippen LogP contribution in [-0.2, 0) is 16.0 Å². The SMILES string of the molecule is O=C(CC(=O)N1CCCC2CCCC=C21)N1CCC(Cc2ccccc2)CC1. The van der Waals surface area contributed by atoms with Crippen molar-refractivity contribution in [2.75, 3.05) is 19.6 Å². The van der Waals surface area contributed by atoms with E-state index in [1.54, 1.807) is 0 Å². The van der Waals surface area contributed by atoms with Crippen LogP contribution in [0.2, 0.25) is 0 Å². The number of likely N-dealkylation sites (tertiary alicyclic amines) is 2. The van der Waals surface area contributed by atoms with Crippen molar-refractivity contribution in [3.05, 3.63) is 47.7 Å². The molecule has 1 atom stereocenters. The molecule has 28 heavy (non-hydrogen) atoms. The first-order valence-electron chi connectivity index (χ1n) is 11.0. The van der Waals surface area contributed by atoms with Crippen LogP contribution in [-0.4, -0.2) is 41.2 Å².